The Hall–Kier alpha value is -0.830. The molecule has 1 aromatic heterocycles. The Balaban J connectivity index is 2.30. The minimum absolute atomic E-state index is 0.0793. The molecule has 0 bridgehead atoms. The van der Waals surface area contributed by atoms with Crippen molar-refractivity contribution in [1.82, 2.24) is 0 Å². The molecule has 0 aliphatic heterocycles. The van der Waals surface area contributed by atoms with Crippen LogP contribution in [0.1, 0.15) is 23.8 Å². The van der Waals surface area contributed by atoms with Crippen LogP contribution in [-0.4, -0.2) is 11.1 Å². The molecule has 2 atom stereocenters. The Morgan fingerprint density at radius 1 is 1.77 bits per heavy atom. The van der Waals surface area contributed by atoms with Crippen LogP contribution < -0.4 is 0 Å². The van der Waals surface area contributed by atoms with Crippen LogP contribution in [0.2, 0.25) is 0 Å². The quantitative estimate of drug-likeness (QED) is 0.788. The van der Waals surface area contributed by atoms with Gasteiger partial charge in [0, 0.05) is 10.3 Å². The van der Waals surface area contributed by atoms with E-state index < -0.39 is 5.97 Å². The summed E-state index contributed by atoms with van der Waals surface area (Å²) in [7, 11) is 0. The number of carboxylic acids is 1. The molecule has 70 valence electrons. The van der Waals surface area contributed by atoms with Gasteiger partial charge in [0.1, 0.15) is 0 Å². The molecule has 0 spiro atoms. The van der Waals surface area contributed by atoms with Gasteiger partial charge in [0.2, 0.25) is 0 Å². The summed E-state index contributed by atoms with van der Waals surface area (Å²) in [6, 6.07) is 2.06. The highest BCUT2D eigenvalue weighted by molar-refractivity contribution is 7.10. The van der Waals surface area contributed by atoms with Gasteiger partial charge in [-0.1, -0.05) is 6.92 Å². The number of aliphatic carboxylic acids is 1. The highest BCUT2D eigenvalue weighted by Gasteiger charge is 2.57. The predicted molar refractivity (Wildman–Crippen MR) is 52.2 cm³/mol. The van der Waals surface area contributed by atoms with Gasteiger partial charge in [0.05, 0.1) is 5.92 Å². The van der Waals surface area contributed by atoms with Crippen molar-refractivity contribution in [2.75, 3.05) is 0 Å². The van der Waals surface area contributed by atoms with Gasteiger partial charge in [-0.25, -0.2) is 0 Å². The van der Waals surface area contributed by atoms with Crippen LogP contribution in [0.3, 0.4) is 0 Å². The van der Waals surface area contributed by atoms with Crippen molar-refractivity contribution in [3.8, 4) is 0 Å². The molecule has 13 heavy (non-hydrogen) atoms. The molecule has 2 rings (SSSR count). The van der Waals surface area contributed by atoms with Gasteiger partial charge in [-0.2, -0.15) is 0 Å². The van der Waals surface area contributed by atoms with E-state index in [1.807, 2.05) is 19.2 Å². The van der Waals surface area contributed by atoms with E-state index >= 15 is 0 Å². The summed E-state index contributed by atoms with van der Waals surface area (Å²) in [5, 5.41) is 10.9. The van der Waals surface area contributed by atoms with Crippen molar-refractivity contribution in [3.63, 3.8) is 0 Å². The Bertz CT molecular complexity index is 356. The molecule has 1 N–H and O–H groups in total. The van der Waals surface area contributed by atoms with E-state index in [4.69, 9.17) is 5.11 Å². The average Bonchev–Trinajstić information content (AvgIpc) is 2.53. The molecule has 1 aliphatic rings. The lowest BCUT2D eigenvalue weighted by molar-refractivity contribution is -0.138. The maximum atomic E-state index is 10.8. The number of hydrogen-bond acceptors (Lipinski definition) is 2. The Labute approximate surface area is 81.2 Å². The van der Waals surface area contributed by atoms with Gasteiger partial charge in [-0.15, -0.1) is 11.3 Å². The van der Waals surface area contributed by atoms with Crippen molar-refractivity contribution in [1.29, 1.82) is 0 Å². The summed E-state index contributed by atoms with van der Waals surface area (Å²) < 4.78 is 0. The average molecular weight is 196 g/mol. The van der Waals surface area contributed by atoms with E-state index in [0.29, 0.717) is 0 Å². The molecule has 1 aromatic rings. The molecular formula is C10H12O2S. The minimum atomic E-state index is -0.657. The third-order valence-corrected chi connectivity index (χ3v) is 4.21. The molecule has 0 amide bonds. The van der Waals surface area contributed by atoms with Gasteiger partial charge in [0.15, 0.2) is 0 Å². The second kappa shape index (κ2) is 2.58. The van der Waals surface area contributed by atoms with E-state index in [1.165, 1.54) is 10.4 Å². The monoisotopic (exact) mass is 196 g/mol. The van der Waals surface area contributed by atoms with Crippen LogP contribution >= 0.6 is 11.3 Å². The summed E-state index contributed by atoms with van der Waals surface area (Å²) in [5.74, 6) is -0.819. The van der Waals surface area contributed by atoms with Crippen LogP contribution in [-0.2, 0) is 10.2 Å². The molecule has 1 saturated carbocycles. The number of rotatable bonds is 2. The Kier molecular flexibility index (Phi) is 1.74. The topological polar surface area (TPSA) is 37.3 Å². The van der Waals surface area contributed by atoms with Gasteiger partial charge in [-0.05, 0) is 30.4 Å². The fourth-order valence-corrected chi connectivity index (χ4v) is 3.09. The second-order valence-electron chi connectivity index (χ2n) is 3.95. The first kappa shape index (κ1) is 8.75. The number of hydrogen-bond donors (Lipinski definition) is 1. The van der Waals surface area contributed by atoms with Crippen LogP contribution in [0, 0.1) is 12.8 Å². The van der Waals surface area contributed by atoms with Crippen molar-refractivity contribution < 1.29 is 9.90 Å². The van der Waals surface area contributed by atoms with Crippen molar-refractivity contribution in [3.05, 3.63) is 21.9 Å². The lowest BCUT2D eigenvalue weighted by atomic mass is 10.0. The largest absolute Gasteiger partial charge is 0.481 e. The van der Waals surface area contributed by atoms with Crippen molar-refractivity contribution >= 4 is 17.3 Å². The smallest absolute Gasteiger partial charge is 0.307 e. The minimum Gasteiger partial charge on any atom is -0.481 e. The maximum Gasteiger partial charge on any atom is 0.307 e. The van der Waals surface area contributed by atoms with Gasteiger partial charge < -0.3 is 5.11 Å². The molecule has 1 aliphatic carbocycles. The molecule has 0 radical (unpaired) electrons. The third-order valence-electron chi connectivity index (χ3n) is 2.92. The Morgan fingerprint density at radius 3 is 2.85 bits per heavy atom. The van der Waals surface area contributed by atoms with E-state index in [0.717, 1.165) is 6.42 Å². The number of thiophene rings is 1. The zero-order valence-corrected chi connectivity index (χ0v) is 8.52. The second-order valence-corrected chi connectivity index (χ2v) is 4.86. The van der Waals surface area contributed by atoms with Crippen molar-refractivity contribution in [2.24, 2.45) is 5.92 Å². The number of carboxylic acid groups (broad SMARTS) is 1. The molecule has 2 nitrogen and oxygen atoms in total. The molecule has 2 unspecified atom stereocenters. The van der Waals surface area contributed by atoms with Gasteiger partial charge in [-0.3, -0.25) is 4.79 Å². The number of aryl methyl sites for hydroxylation is 1. The highest BCUT2D eigenvalue weighted by atomic mass is 32.1. The van der Waals surface area contributed by atoms with E-state index in [2.05, 4.69) is 6.07 Å². The molecule has 1 fully saturated rings. The van der Waals surface area contributed by atoms with Gasteiger partial charge in [0.25, 0.3) is 0 Å². The summed E-state index contributed by atoms with van der Waals surface area (Å²) in [6.07, 6.45) is 0.795. The highest BCUT2D eigenvalue weighted by Crippen LogP contribution is 2.56. The summed E-state index contributed by atoms with van der Waals surface area (Å²) in [6.45, 7) is 4.10. The number of carbonyl (C=O) groups is 1. The predicted octanol–water partition coefficient (Wildman–Crippen LogP) is 2.42. The molecule has 1 heterocycles. The molecular weight excluding hydrogens is 184 g/mol. The summed E-state index contributed by atoms with van der Waals surface area (Å²) in [4.78, 5) is 12.0. The van der Waals surface area contributed by atoms with Crippen LogP contribution in [0.5, 0.6) is 0 Å². The van der Waals surface area contributed by atoms with E-state index in [9.17, 15) is 4.79 Å². The summed E-state index contributed by atoms with van der Waals surface area (Å²) >= 11 is 1.68. The third kappa shape index (κ3) is 1.18. The van der Waals surface area contributed by atoms with Crippen LogP contribution in [0.15, 0.2) is 11.4 Å². The SMILES string of the molecule is Cc1ccsc1C1(C)CC1C(=O)O. The Morgan fingerprint density at radius 2 is 2.46 bits per heavy atom. The fourth-order valence-electron chi connectivity index (χ4n) is 1.93. The first-order chi connectivity index (χ1) is 6.05. The zero-order valence-electron chi connectivity index (χ0n) is 7.70. The zero-order chi connectivity index (χ0) is 9.64. The fraction of sp³-hybridized carbons (Fsp3) is 0.500. The summed E-state index contributed by atoms with van der Waals surface area (Å²) in [5.41, 5.74) is 1.15. The van der Waals surface area contributed by atoms with Crippen LogP contribution in [0.25, 0.3) is 0 Å². The van der Waals surface area contributed by atoms with Crippen LogP contribution in [0.4, 0.5) is 0 Å². The first-order valence-corrected chi connectivity index (χ1v) is 5.21. The standard InChI is InChI=1S/C10H12O2S/c1-6-3-4-13-8(6)10(2)5-7(10)9(11)12/h3-4,7H,5H2,1-2H3,(H,11,12). The molecule has 0 saturated heterocycles. The van der Waals surface area contributed by atoms with E-state index in [-0.39, 0.29) is 11.3 Å². The van der Waals surface area contributed by atoms with Crippen molar-refractivity contribution in [2.45, 2.75) is 25.7 Å². The van der Waals surface area contributed by atoms with Gasteiger partial charge >= 0.3 is 5.97 Å². The first-order valence-electron chi connectivity index (χ1n) is 4.33. The lowest BCUT2D eigenvalue weighted by Crippen LogP contribution is -2.10. The van der Waals surface area contributed by atoms with E-state index in [1.54, 1.807) is 11.3 Å². The maximum absolute atomic E-state index is 10.8. The molecule has 3 heteroatoms. The lowest BCUT2D eigenvalue weighted by Gasteiger charge is -2.07. The molecule has 0 aromatic carbocycles. The normalized spacial score (nSPS) is 31.7.